The molecule has 0 amide bonds. The zero-order valence-electron chi connectivity index (χ0n) is 12.4. The summed E-state index contributed by atoms with van der Waals surface area (Å²) >= 11 is 3.77. The van der Waals surface area contributed by atoms with E-state index >= 15 is 0 Å². The Balaban J connectivity index is 1.66. The SMILES string of the molecule is C[C@H]1CC(NC[C@H]2CCCN2S(C)(=O)=O)c2ccsc2S1. The molecule has 3 atom stereocenters. The van der Waals surface area contributed by atoms with Crippen LogP contribution in [0.2, 0.25) is 0 Å². The number of hydrogen-bond donors (Lipinski definition) is 1. The van der Waals surface area contributed by atoms with Gasteiger partial charge in [-0.25, -0.2) is 8.42 Å². The lowest BCUT2D eigenvalue weighted by atomic mass is 10.0. The van der Waals surface area contributed by atoms with Crippen LogP contribution in [0, 0.1) is 0 Å². The second-order valence-electron chi connectivity index (χ2n) is 5.96. The molecule has 0 aromatic carbocycles. The van der Waals surface area contributed by atoms with Gasteiger partial charge in [-0.2, -0.15) is 4.31 Å². The minimum Gasteiger partial charge on any atom is -0.308 e. The van der Waals surface area contributed by atoms with E-state index in [1.807, 2.05) is 23.1 Å². The molecular formula is C14H22N2O2S3. The summed E-state index contributed by atoms with van der Waals surface area (Å²) in [5.41, 5.74) is 1.40. The molecule has 0 spiro atoms. The summed E-state index contributed by atoms with van der Waals surface area (Å²) in [6.45, 7) is 3.69. The number of thiophene rings is 1. The standard InChI is InChI=1S/C14H22N2O2S3/c1-10-8-13(12-5-7-19-14(12)20-10)15-9-11-4-3-6-16(11)21(2,17)18/h5,7,10-11,13,15H,3-4,6,8-9H2,1-2H3/t10-,11+,13?/m0/s1. The van der Waals surface area contributed by atoms with E-state index in [1.54, 1.807) is 4.31 Å². The van der Waals surface area contributed by atoms with Crippen LogP contribution < -0.4 is 5.32 Å². The van der Waals surface area contributed by atoms with Crippen LogP contribution >= 0.6 is 23.1 Å². The van der Waals surface area contributed by atoms with E-state index in [-0.39, 0.29) is 6.04 Å². The van der Waals surface area contributed by atoms with Crippen molar-refractivity contribution in [2.24, 2.45) is 0 Å². The minimum atomic E-state index is -3.07. The molecule has 4 nitrogen and oxygen atoms in total. The van der Waals surface area contributed by atoms with Crippen molar-refractivity contribution in [3.63, 3.8) is 0 Å². The van der Waals surface area contributed by atoms with Crippen LogP contribution in [0.15, 0.2) is 15.7 Å². The fourth-order valence-electron chi connectivity index (χ4n) is 3.27. The molecule has 0 aliphatic carbocycles. The maximum Gasteiger partial charge on any atom is 0.211 e. The molecule has 1 fully saturated rings. The second-order valence-corrected chi connectivity index (χ2v) is 10.5. The molecule has 1 aromatic rings. The second kappa shape index (κ2) is 6.20. The van der Waals surface area contributed by atoms with Crippen molar-refractivity contribution in [1.29, 1.82) is 0 Å². The molecule has 2 aliphatic rings. The van der Waals surface area contributed by atoms with Gasteiger partial charge in [0.1, 0.15) is 0 Å². The molecule has 1 saturated heterocycles. The smallest absolute Gasteiger partial charge is 0.211 e. The summed E-state index contributed by atoms with van der Waals surface area (Å²) in [6, 6.07) is 2.69. The van der Waals surface area contributed by atoms with Crippen LogP contribution in [0.1, 0.15) is 37.8 Å². The maximum atomic E-state index is 11.8. The first kappa shape index (κ1) is 15.8. The molecular weight excluding hydrogens is 324 g/mol. The number of fused-ring (bicyclic) bond motifs is 1. The van der Waals surface area contributed by atoms with Crippen LogP contribution in [0.5, 0.6) is 0 Å². The van der Waals surface area contributed by atoms with Crippen LogP contribution in [-0.4, -0.2) is 43.4 Å². The van der Waals surface area contributed by atoms with Gasteiger partial charge in [0.15, 0.2) is 0 Å². The van der Waals surface area contributed by atoms with E-state index in [0.717, 1.165) is 25.8 Å². The lowest BCUT2D eigenvalue weighted by Gasteiger charge is -2.30. The largest absolute Gasteiger partial charge is 0.308 e. The van der Waals surface area contributed by atoms with Crippen LogP contribution in [0.25, 0.3) is 0 Å². The first-order valence-electron chi connectivity index (χ1n) is 7.39. The van der Waals surface area contributed by atoms with Gasteiger partial charge in [-0.15, -0.1) is 23.1 Å². The van der Waals surface area contributed by atoms with E-state index < -0.39 is 10.0 Å². The predicted molar refractivity (Wildman–Crippen MR) is 89.6 cm³/mol. The van der Waals surface area contributed by atoms with Crippen molar-refractivity contribution in [3.05, 3.63) is 17.0 Å². The van der Waals surface area contributed by atoms with Crippen LogP contribution in [0.4, 0.5) is 0 Å². The highest BCUT2D eigenvalue weighted by Crippen LogP contribution is 2.43. The van der Waals surface area contributed by atoms with Gasteiger partial charge in [0.2, 0.25) is 10.0 Å². The van der Waals surface area contributed by atoms with Gasteiger partial charge in [0.25, 0.3) is 0 Å². The van der Waals surface area contributed by atoms with Gasteiger partial charge in [-0.05, 0) is 36.3 Å². The highest BCUT2D eigenvalue weighted by Gasteiger charge is 2.33. The number of hydrogen-bond acceptors (Lipinski definition) is 5. The molecule has 3 heterocycles. The third kappa shape index (κ3) is 3.47. The van der Waals surface area contributed by atoms with Gasteiger partial charge in [-0.1, -0.05) is 6.92 Å². The average Bonchev–Trinajstić information content (AvgIpc) is 3.02. The molecule has 7 heteroatoms. The van der Waals surface area contributed by atoms with Crippen LogP contribution in [0.3, 0.4) is 0 Å². The van der Waals surface area contributed by atoms with E-state index in [4.69, 9.17) is 0 Å². The lowest BCUT2D eigenvalue weighted by molar-refractivity contribution is 0.352. The molecule has 3 rings (SSSR count). The third-order valence-corrected chi connectivity index (χ3v) is 7.94. The van der Waals surface area contributed by atoms with Crippen molar-refractivity contribution in [2.45, 2.75) is 47.7 Å². The molecule has 2 aliphatic heterocycles. The molecule has 0 radical (unpaired) electrons. The van der Waals surface area contributed by atoms with E-state index in [9.17, 15) is 8.42 Å². The fraction of sp³-hybridized carbons (Fsp3) is 0.714. The molecule has 0 bridgehead atoms. The number of nitrogens with zero attached hydrogens (tertiary/aromatic N) is 1. The van der Waals surface area contributed by atoms with E-state index in [1.165, 1.54) is 16.0 Å². The molecule has 118 valence electrons. The normalized spacial score (nSPS) is 30.5. The van der Waals surface area contributed by atoms with Crippen molar-refractivity contribution in [3.8, 4) is 0 Å². The highest BCUT2D eigenvalue weighted by molar-refractivity contribution is 8.01. The Kier molecular flexibility index (Phi) is 4.66. The maximum absolute atomic E-state index is 11.8. The molecule has 1 aromatic heterocycles. The summed E-state index contributed by atoms with van der Waals surface area (Å²) in [6.07, 6.45) is 4.37. The van der Waals surface area contributed by atoms with Crippen molar-refractivity contribution in [1.82, 2.24) is 9.62 Å². The third-order valence-electron chi connectivity index (χ3n) is 4.26. The number of nitrogens with one attached hydrogen (secondary N) is 1. The Morgan fingerprint density at radius 2 is 2.29 bits per heavy atom. The van der Waals surface area contributed by atoms with Gasteiger partial charge in [0, 0.05) is 30.4 Å². The minimum absolute atomic E-state index is 0.118. The summed E-state index contributed by atoms with van der Waals surface area (Å²) < 4.78 is 26.7. The van der Waals surface area contributed by atoms with Crippen LogP contribution in [-0.2, 0) is 10.0 Å². The number of sulfonamides is 1. The molecule has 0 saturated carbocycles. The Bertz CT molecular complexity index is 599. The van der Waals surface area contributed by atoms with Gasteiger partial charge >= 0.3 is 0 Å². The van der Waals surface area contributed by atoms with E-state index in [2.05, 4.69) is 23.7 Å². The molecule has 21 heavy (non-hydrogen) atoms. The monoisotopic (exact) mass is 346 g/mol. The first-order valence-corrected chi connectivity index (χ1v) is 11.0. The summed E-state index contributed by atoms with van der Waals surface area (Å²) in [5, 5.41) is 6.40. The molecule has 1 N–H and O–H groups in total. The Morgan fingerprint density at radius 1 is 1.48 bits per heavy atom. The fourth-order valence-corrected chi connectivity index (χ4v) is 7.02. The van der Waals surface area contributed by atoms with E-state index in [0.29, 0.717) is 17.8 Å². The average molecular weight is 347 g/mol. The topological polar surface area (TPSA) is 49.4 Å². The highest BCUT2D eigenvalue weighted by atomic mass is 32.2. The Morgan fingerprint density at radius 3 is 3.05 bits per heavy atom. The number of thioether (sulfide) groups is 1. The lowest BCUT2D eigenvalue weighted by Crippen LogP contribution is -2.42. The first-order chi connectivity index (χ1) is 9.95. The molecule has 1 unspecified atom stereocenters. The van der Waals surface area contributed by atoms with Gasteiger partial charge in [-0.3, -0.25) is 0 Å². The quantitative estimate of drug-likeness (QED) is 0.911. The predicted octanol–water partition coefficient (Wildman–Crippen LogP) is 2.69. The van der Waals surface area contributed by atoms with Crippen molar-refractivity contribution in [2.75, 3.05) is 19.3 Å². The Labute approximate surface area is 135 Å². The zero-order valence-corrected chi connectivity index (χ0v) is 14.9. The summed E-state index contributed by atoms with van der Waals surface area (Å²) in [5.74, 6) is 0. The van der Waals surface area contributed by atoms with Crippen molar-refractivity contribution >= 4 is 33.1 Å². The summed E-state index contributed by atoms with van der Waals surface area (Å²) in [4.78, 5) is 0. The Hall–Kier alpha value is -0.0800. The summed E-state index contributed by atoms with van der Waals surface area (Å²) in [7, 11) is -3.07. The van der Waals surface area contributed by atoms with Gasteiger partial charge in [0.05, 0.1) is 10.5 Å². The van der Waals surface area contributed by atoms with Gasteiger partial charge < -0.3 is 5.32 Å². The van der Waals surface area contributed by atoms with Crippen molar-refractivity contribution < 1.29 is 8.42 Å². The zero-order chi connectivity index (χ0) is 15.0. The number of rotatable bonds is 4.